The van der Waals surface area contributed by atoms with Crippen molar-refractivity contribution in [3.8, 4) is 11.1 Å². The summed E-state index contributed by atoms with van der Waals surface area (Å²) < 4.78 is 0. The second-order valence-corrected chi connectivity index (χ2v) is 5.61. The summed E-state index contributed by atoms with van der Waals surface area (Å²) in [5.74, 6) is -1.46. The highest BCUT2D eigenvalue weighted by atomic mass is 16.4. The first-order chi connectivity index (χ1) is 11.6. The molecule has 3 rings (SSSR count). The molecule has 0 saturated heterocycles. The molecule has 24 heavy (non-hydrogen) atoms. The number of carbonyl (C=O) groups is 2. The van der Waals surface area contributed by atoms with E-state index in [1.807, 2.05) is 60.7 Å². The van der Waals surface area contributed by atoms with Crippen LogP contribution >= 0.6 is 0 Å². The van der Waals surface area contributed by atoms with Gasteiger partial charge in [0, 0.05) is 11.1 Å². The molecule has 1 amide bonds. The monoisotopic (exact) mass is 319 g/mol. The highest BCUT2D eigenvalue weighted by molar-refractivity contribution is 6.10. The Labute approximate surface area is 139 Å². The molecule has 0 saturated carbocycles. The van der Waals surface area contributed by atoms with Crippen molar-refractivity contribution in [2.45, 2.75) is 13.0 Å². The lowest BCUT2D eigenvalue weighted by Gasteiger charge is -2.15. The Balaban J connectivity index is 2.17. The summed E-state index contributed by atoms with van der Waals surface area (Å²) in [6.45, 7) is 1.45. The molecule has 0 aliphatic carbocycles. The van der Waals surface area contributed by atoms with Gasteiger partial charge in [-0.25, -0.2) is 0 Å². The van der Waals surface area contributed by atoms with Gasteiger partial charge in [0.05, 0.1) is 0 Å². The largest absolute Gasteiger partial charge is 0.480 e. The van der Waals surface area contributed by atoms with Crippen molar-refractivity contribution in [2.24, 2.45) is 0 Å². The quantitative estimate of drug-likeness (QED) is 0.770. The van der Waals surface area contributed by atoms with Crippen LogP contribution in [-0.4, -0.2) is 23.0 Å². The van der Waals surface area contributed by atoms with E-state index in [0.717, 1.165) is 21.9 Å². The summed E-state index contributed by atoms with van der Waals surface area (Å²) in [6, 6.07) is 20.1. The van der Waals surface area contributed by atoms with Crippen molar-refractivity contribution in [1.82, 2.24) is 5.32 Å². The zero-order valence-electron chi connectivity index (χ0n) is 13.2. The predicted octanol–water partition coefficient (Wildman–Crippen LogP) is 3.71. The first-order valence-corrected chi connectivity index (χ1v) is 7.69. The molecule has 1 atom stereocenters. The van der Waals surface area contributed by atoms with Crippen molar-refractivity contribution in [1.29, 1.82) is 0 Å². The fourth-order valence-electron chi connectivity index (χ4n) is 2.71. The standard InChI is InChI=1S/C20H17NO3/c1-13(20(23)24)21-19(22)17-12-11-14-7-5-6-10-16(14)18(17)15-8-3-2-4-9-15/h2-13H,1H3,(H,21,22)(H,23,24)/t13-/m0/s1. The third kappa shape index (κ3) is 2.99. The first-order valence-electron chi connectivity index (χ1n) is 7.69. The van der Waals surface area contributed by atoms with Gasteiger partial charge in [0.25, 0.3) is 5.91 Å². The van der Waals surface area contributed by atoms with Gasteiger partial charge in [0.15, 0.2) is 0 Å². The van der Waals surface area contributed by atoms with E-state index in [2.05, 4.69) is 5.32 Å². The number of rotatable bonds is 4. The predicted molar refractivity (Wildman–Crippen MR) is 93.9 cm³/mol. The molecule has 2 N–H and O–H groups in total. The Hall–Kier alpha value is -3.14. The third-order valence-corrected chi connectivity index (χ3v) is 3.95. The van der Waals surface area contributed by atoms with Crippen molar-refractivity contribution in [2.75, 3.05) is 0 Å². The SMILES string of the molecule is C[C@H](NC(=O)c1ccc2ccccc2c1-c1ccccc1)C(=O)O. The van der Waals surface area contributed by atoms with Crippen LogP contribution in [0.15, 0.2) is 66.7 Å². The second-order valence-electron chi connectivity index (χ2n) is 5.61. The number of hydrogen-bond donors (Lipinski definition) is 2. The van der Waals surface area contributed by atoms with Gasteiger partial charge < -0.3 is 10.4 Å². The molecule has 4 nitrogen and oxygen atoms in total. The van der Waals surface area contributed by atoms with Gasteiger partial charge in [-0.1, -0.05) is 60.7 Å². The average Bonchev–Trinajstić information content (AvgIpc) is 2.61. The Bertz CT molecular complexity index is 903. The lowest BCUT2D eigenvalue weighted by atomic mass is 9.93. The minimum absolute atomic E-state index is 0.394. The molecule has 0 radical (unpaired) electrons. The number of carboxylic acids is 1. The van der Waals surface area contributed by atoms with Gasteiger partial charge in [0.1, 0.15) is 6.04 Å². The Morgan fingerprint density at radius 2 is 1.58 bits per heavy atom. The minimum atomic E-state index is -1.06. The van der Waals surface area contributed by atoms with E-state index < -0.39 is 17.9 Å². The highest BCUT2D eigenvalue weighted by Crippen LogP contribution is 2.32. The van der Waals surface area contributed by atoms with Crippen LogP contribution < -0.4 is 5.32 Å². The van der Waals surface area contributed by atoms with Crippen molar-refractivity contribution in [3.05, 3.63) is 72.3 Å². The van der Waals surface area contributed by atoms with E-state index in [4.69, 9.17) is 5.11 Å². The smallest absolute Gasteiger partial charge is 0.325 e. The lowest BCUT2D eigenvalue weighted by Crippen LogP contribution is -2.38. The van der Waals surface area contributed by atoms with Crippen LogP contribution in [0, 0.1) is 0 Å². The van der Waals surface area contributed by atoms with E-state index in [1.54, 1.807) is 6.07 Å². The molecule has 3 aromatic rings. The fraction of sp³-hybridized carbons (Fsp3) is 0.100. The van der Waals surface area contributed by atoms with Gasteiger partial charge in [-0.2, -0.15) is 0 Å². The van der Waals surface area contributed by atoms with Gasteiger partial charge in [-0.3, -0.25) is 9.59 Å². The summed E-state index contributed by atoms with van der Waals surface area (Å²) in [5, 5.41) is 13.5. The van der Waals surface area contributed by atoms with Crippen LogP contribution in [0.4, 0.5) is 0 Å². The highest BCUT2D eigenvalue weighted by Gasteiger charge is 2.19. The van der Waals surface area contributed by atoms with Crippen LogP contribution in [-0.2, 0) is 4.79 Å². The second kappa shape index (κ2) is 6.54. The number of aliphatic carboxylic acids is 1. The van der Waals surface area contributed by atoms with Gasteiger partial charge >= 0.3 is 5.97 Å². The van der Waals surface area contributed by atoms with Crippen LogP contribution in [0.2, 0.25) is 0 Å². The normalized spacial score (nSPS) is 11.9. The molecule has 4 heteroatoms. The molecule has 120 valence electrons. The molecular formula is C20H17NO3. The van der Waals surface area contributed by atoms with E-state index >= 15 is 0 Å². The average molecular weight is 319 g/mol. The number of nitrogens with one attached hydrogen (secondary N) is 1. The van der Waals surface area contributed by atoms with Crippen molar-refractivity contribution in [3.63, 3.8) is 0 Å². The zero-order valence-corrected chi connectivity index (χ0v) is 13.2. The van der Waals surface area contributed by atoms with Crippen molar-refractivity contribution < 1.29 is 14.7 Å². The van der Waals surface area contributed by atoms with E-state index in [9.17, 15) is 9.59 Å². The zero-order chi connectivity index (χ0) is 17.1. The molecular weight excluding hydrogens is 302 g/mol. The summed E-state index contributed by atoms with van der Waals surface area (Å²) in [7, 11) is 0. The summed E-state index contributed by atoms with van der Waals surface area (Å²) in [6.07, 6.45) is 0. The Kier molecular flexibility index (Phi) is 4.29. The minimum Gasteiger partial charge on any atom is -0.480 e. The Morgan fingerprint density at radius 3 is 2.29 bits per heavy atom. The molecule has 0 spiro atoms. The van der Waals surface area contributed by atoms with Crippen LogP contribution in [0.1, 0.15) is 17.3 Å². The number of carbonyl (C=O) groups excluding carboxylic acids is 1. The lowest BCUT2D eigenvalue weighted by molar-refractivity contribution is -0.138. The maximum absolute atomic E-state index is 12.6. The van der Waals surface area contributed by atoms with Gasteiger partial charge in [0.2, 0.25) is 0 Å². The van der Waals surface area contributed by atoms with Gasteiger partial charge in [-0.05, 0) is 29.3 Å². The molecule has 0 bridgehead atoms. The maximum atomic E-state index is 12.6. The number of amides is 1. The first kappa shape index (κ1) is 15.7. The maximum Gasteiger partial charge on any atom is 0.325 e. The van der Waals surface area contributed by atoms with Crippen LogP contribution in [0.5, 0.6) is 0 Å². The Morgan fingerprint density at radius 1 is 0.917 bits per heavy atom. The molecule has 3 aromatic carbocycles. The fourth-order valence-corrected chi connectivity index (χ4v) is 2.71. The third-order valence-electron chi connectivity index (χ3n) is 3.95. The van der Waals surface area contributed by atoms with Crippen LogP contribution in [0.25, 0.3) is 21.9 Å². The molecule has 0 fully saturated rings. The van der Waals surface area contributed by atoms with Gasteiger partial charge in [-0.15, -0.1) is 0 Å². The van der Waals surface area contributed by atoms with E-state index in [0.29, 0.717) is 5.56 Å². The van der Waals surface area contributed by atoms with E-state index in [-0.39, 0.29) is 0 Å². The number of hydrogen-bond acceptors (Lipinski definition) is 2. The number of carboxylic acid groups (broad SMARTS) is 1. The number of fused-ring (bicyclic) bond motifs is 1. The molecule has 0 aromatic heterocycles. The topological polar surface area (TPSA) is 66.4 Å². The van der Waals surface area contributed by atoms with Crippen LogP contribution in [0.3, 0.4) is 0 Å². The molecule has 0 unspecified atom stereocenters. The molecule has 0 aliphatic heterocycles. The van der Waals surface area contributed by atoms with Crippen molar-refractivity contribution >= 4 is 22.6 Å². The summed E-state index contributed by atoms with van der Waals surface area (Å²) in [5.41, 5.74) is 2.19. The summed E-state index contributed by atoms with van der Waals surface area (Å²) >= 11 is 0. The van der Waals surface area contributed by atoms with E-state index in [1.165, 1.54) is 6.92 Å². The number of benzene rings is 3. The molecule has 0 heterocycles. The summed E-state index contributed by atoms with van der Waals surface area (Å²) in [4.78, 5) is 23.6. The molecule has 0 aliphatic rings.